The zero-order valence-electron chi connectivity index (χ0n) is 18.1. The third-order valence-electron chi connectivity index (χ3n) is 5.77. The monoisotopic (exact) mass is 422 g/mol. The van der Waals surface area contributed by atoms with Crippen LogP contribution in [0.25, 0.3) is 21.8 Å². The van der Waals surface area contributed by atoms with E-state index in [-0.39, 0.29) is 17.9 Å². The van der Waals surface area contributed by atoms with Crippen molar-refractivity contribution in [3.05, 3.63) is 48.0 Å². The van der Waals surface area contributed by atoms with E-state index in [1.54, 1.807) is 0 Å². The van der Waals surface area contributed by atoms with Gasteiger partial charge in [0, 0.05) is 41.4 Å². The number of ether oxygens (including phenoxy) is 2. The number of fused-ring (bicyclic) bond motifs is 3. The first-order valence-electron chi connectivity index (χ1n) is 11.2. The molecule has 1 aliphatic heterocycles. The molecular weight excluding hydrogens is 392 g/mol. The lowest BCUT2D eigenvalue weighted by molar-refractivity contribution is -0.135. The summed E-state index contributed by atoms with van der Waals surface area (Å²) in [6.07, 6.45) is 3.81. The van der Waals surface area contributed by atoms with Crippen molar-refractivity contribution >= 4 is 33.6 Å². The Balaban J connectivity index is 1.50. The van der Waals surface area contributed by atoms with Gasteiger partial charge in [-0.2, -0.15) is 0 Å². The summed E-state index contributed by atoms with van der Waals surface area (Å²) in [6, 6.07) is 14.3. The van der Waals surface area contributed by atoms with Crippen molar-refractivity contribution < 1.29 is 19.1 Å². The maximum absolute atomic E-state index is 12.6. The van der Waals surface area contributed by atoms with Crippen molar-refractivity contribution in [2.45, 2.75) is 45.1 Å². The molecule has 3 aromatic rings. The number of rotatable bonds is 10. The van der Waals surface area contributed by atoms with Crippen LogP contribution in [0.15, 0.2) is 42.5 Å². The van der Waals surface area contributed by atoms with Gasteiger partial charge in [-0.05, 0) is 49.4 Å². The summed E-state index contributed by atoms with van der Waals surface area (Å²) in [7, 11) is 0. The molecule has 0 radical (unpaired) electrons. The molecule has 1 aromatic heterocycles. The lowest BCUT2D eigenvalue weighted by Gasteiger charge is -2.24. The van der Waals surface area contributed by atoms with Gasteiger partial charge in [0.1, 0.15) is 6.04 Å². The van der Waals surface area contributed by atoms with E-state index in [0.29, 0.717) is 32.7 Å². The zero-order chi connectivity index (χ0) is 21.6. The van der Waals surface area contributed by atoms with Crippen molar-refractivity contribution in [2.24, 2.45) is 0 Å². The molecule has 1 saturated heterocycles. The van der Waals surface area contributed by atoms with Crippen LogP contribution in [-0.2, 0) is 25.5 Å². The predicted octanol–water partition coefficient (Wildman–Crippen LogP) is 4.15. The molecule has 0 aliphatic carbocycles. The average Bonchev–Trinajstić information content (AvgIpc) is 3.09. The van der Waals surface area contributed by atoms with Gasteiger partial charge in [-0.3, -0.25) is 14.9 Å². The number of hydrogen-bond donors (Lipinski definition) is 1. The molecule has 1 aliphatic rings. The number of amides is 2. The molecule has 4 rings (SSSR count). The molecule has 2 heterocycles. The average molecular weight is 423 g/mol. The van der Waals surface area contributed by atoms with Gasteiger partial charge in [0.25, 0.3) is 0 Å². The first-order chi connectivity index (χ1) is 15.2. The van der Waals surface area contributed by atoms with E-state index < -0.39 is 0 Å². The Morgan fingerprint density at radius 3 is 2.55 bits per heavy atom. The van der Waals surface area contributed by atoms with Crippen LogP contribution in [0, 0.1) is 0 Å². The Morgan fingerprint density at radius 1 is 0.968 bits per heavy atom. The molecule has 1 unspecified atom stereocenters. The number of piperidine rings is 1. The number of nitrogens with zero attached hydrogens (tertiary/aromatic N) is 1. The van der Waals surface area contributed by atoms with E-state index in [1.807, 2.05) is 18.2 Å². The van der Waals surface area contributed by atoms with Crippen molar-refractivity contribution in [3.8, 4) is 0 Å². The van der Waals surface area contributed by atoms with E-state index in [1.165, 1.54) is 5.56 Å². The highest BCUT2D eigenvalue weighted by Crippen LogP contribution is 2.35. The Bertz CT molecular complexity index is 1070. The number of para-hydroxylation sites is 1. The molecule has 6 nitrogen and oxygen atoms in total. The number of carbonyl (C=O) groups excluding carboxylic acids is 2. The van der Waals surface area contributed by atoms with E-state index in [4.69, 9.17) is 9.47 Å². The quantitative estimate of drug-likeness (QED) is 0.394. The Labute approximate surface area is 182 Å². The minimum Gasteiger partial charge on any atom is -0.379 e. The summed E-state index contributed by atoms with van der Waals surface area (Å²) in [5.74, 6) is -0.411. The largest absolute Gasteiger partial charge is 0.379 e. The maximum atomic E-state index is 12.6. The molecule has 1 atom stereocenters. The Kier molecular flexibility index (Phi) is 6.99. The Morgan fingerprint density at radius 2 is 1.74 bits per heavy atom. The molecule has 1 fully saturated rings. The second-order valence-electron chi connectivity index (χ2n) is 8.03. The van der Waals surface area contributed by atoms with Crippen LogP contribution in [0.4, 0.5) is 0 Å². The minimum absolute atomic E-state index is 0.191. The van der Waals surface area contributed by atoms with Gasteiger partial charge in [0.15, 0.2) is 0 Å². The third-order valence-corrected chi connectivity index (χ3v) is 5.77. The SMILES string of the molecule is CCCOCCOCCCc1ccc2c(c1)c1ccccc1n2C1CCC(=O)NC1=O. The maximum Gasteiger partial charge on any atom is 0.249 e. The molecule has 164 valence electrons. The number of aryl methyl sites for hydroxylation is 1. The zero-order valence-corrected chi connectivity index (χ0v) is 18.1. The highest BCUT2D eigenvalue weighted by Gasteiger charge is 2.30. The lowest BCUT2D eigenvalue weighted by Crippen LogP contribution is -2.41. The van der Waals surface area contributed by atoms with Gasteiger partial charge in [0.05, 0.1) is 13.2 Å². The van der Waals surface area contributed by atoms with Gasteiger partial charge in [-0.25, -0.2) is 0 Å². The molecular formula is C25H30N2O4. The number of imide groups is 1. The molecule has 2 amide bonds. The number of benzene rings is 2. The molecule has 1 N–H and O–H groups in total. The molecule has 31 heavy (non-hydrogen) atoms. The summed E-state index contributed by atoms with van der Waals surface area (Å²) >= 11 is 0. The topological polar surface area (TPSA) is 69.6 Å². The second-order valence-corrected chi connectivity index (χ2v) is 8.03. The highest BCUT2D eigenvalue weighted by molar-refractivity contribution is 6.10. The van der Waals surface area contributed by atoms with E-state index in [2.05, 4.69) is 41.1 Å². The normalized spacial score (nSPS) is 16.9. The van der Waals surface area contributed by atoms with Gasteiger partial charge in [-0.15, -0.1) is 0 Å². The van der Waals surface area contributed by atoms with Crippen molar-refractivity contribution in [1.82, 2.24) is 9.88 Å². The molecule has 2 aromatic carbocycles. The van der Waals surface area contributed by atoms with Crippen molar-refractivity contribution in [1.29, 1.82) is 0 Å². The fourth-order valence-corrected chi connectivity index (χ4v) is 4.31. The van der Waals surface area contributed by atoms with E-state index in [9.17, 15) is 9.59 Å². The van der Waals surface area contributed by atoms with Crippen LogP contribution in [-0.4, -0.2) is 42.8 Å². The van der Waals surface area contributed by atoms with Gasteiger partial charge >= 0.3 is 0 Å². The van der Waals surface area contributed by atoms with Gasteiger partial charge in [-0.1, -0.05) is 31.2 Å². The fourth-order valence-electron chi connectivity index (χ4n) is 4.31. The molecule has 0 spiro atoms. The smallest absolute Gasteiger partial charge is 0.249 e. The third kappa shape index (κ3) is 4.81. The Hall–Kier alpha value is -2.70. The van der Waals surface area contributed by atoms with Crippen molar-refractivity contribution in [2.75, 3.05) is 26.4 Å². The number of aromatic nitrogens is 1. The van der Waals surface area contributed by atoms with E-state index in [0.717, 1.165) is 47.7 Å². The first kappa shape index (κ1) is 21.5. The first-order valence-corrected chi connectivity index (χ1v) is 11.2. The summed E-state index contributed by atoms with van der Waals surface area (Å²) < 4.78 is 13.2. The highest BCUT2D eigenvalue weighted by atomic mass is 16.5. The van der Waals surface area contributed by atoms with Crippen LogP contribution in [0.1, 0.15) is 44.2 Å². The van der Waals surface area contributed by atoms with Crippen LogP contribution < -0.4 is 5.32 Å². The van der Waals surface area contributed by atoms with Crippen molar-refractivity contribution in [3.63, 3.8) is 0 Å². The summed E-state index contributed by atoms with van der Waals surface area (Å²) in [6.45, 7) is 4.89. The lowest BCUT2D eigenvalue weighted by atomic mass is 10.0. The summed E-state index contributed by atoms with van der Waals surface area (Å²) in [5, 5.41) is 4.77. The standard InChI is InChI=1S/C25H30N2O4/c1-2-13-30-15-16-31-14-5-6-18-9-10-22-20(17-18)19-7-3-4-8-21(19)27(22)23-11-12-24(28)26-25(23)29/h3-4,7-10,17,23H,2,5-6,11-16H2,1H3,(H,26,28,29). The van der Waals surface area contributed by atoms with E-state index >= 15 is 0 Å². The second kappa shape index (κ2) is 10.1. The van der Waals surface area contributed by atoms with Gasteiger partial charge in [0.2, 0.25) is 11.8 Å². The molecule has 0 saturated carbocycles. The number of nitrogens with one attached hydrogen (secondary N) is 1. The molecule has 0 bridgehead atoms. The van der Waals surface area contributed by atoms with Gasteiger partial charge < -0.3 is 14.0 Å². The fraction of sp³-hybridized carbons (Fsp3) is 0.440. The number of carbonyl (C=O) groups is 2. The summed E-state index contributed by atoms with van der Waals surface area (Å²) in [4.78, 5) is 24.2. The summed E-state index contributed by atoms with van der Waals surface area (Å²) in [5.41, 5.74) is 3.31. The van der Waals surface area contributed by atoms with Crippen LogP contribution in [0.3, 0.4) is 0 Å². The number of hydrogen-bond acceptors (Lipinski definition) is 4. The minimum atomic E-state index is -0.366. The molecule has 6 heteroatoms. The van der Waals surface area contributed by atoms with Crippen LogP contribution in [0.2, 0.25) is 0 Å². The van der Waals surface area contributed by atoms with Crippen LogP contribution >= 0.6 is 0 Å². The predicted molar refractivity (Wildman–Crippen MR) is 121 cm³/mol. The van der Waals surface area contributed by atoms with Crippen LogP contribution in [0.5, 0.6) is 0 Å².